The van der Waals surface area contributed by atoms with Crippen LogP contribution in [0.2, 0.25) is 0 Å². The molecule has 1 atom stereocenters. The zero-order chi connectivity index (χ0) is 18.4. The third kappa shape index (κ3) is 5.64. The molecule has 1 unspecified atom stereocenters. The molecule has 1 aliphatic carbocycles. The maximum absolute atomic E-state index is 12.3. The Hall–Kier alpha value is -1.73. The molecule has 1 saturated carbocycles. The van der Waals surface area contributed by atoms with Crippen molar-refractivity contribution < 1.29 is 4.79 Å². The second kappa shape index (κ2) is 9.28. The maximum Gasteiger partial charge on any atom is 0.251 e. The zero-order valence-corrected chi connectivity index (χ0v) is 16.4. The zero-order valence-electron chi connectivity index (χ0n) is 14.7. The quantitative estimate of drug-likeness (QED) is 0.559. The number of nitrogens with one attached hydrogen (secondary N) is 2. The van der Waals surface area contributed by atoms with Gasteiger partial charge < -0.3 is 10.3 Å². The first-order valence-electron chi connectivity index (χ1n) is 8.85. The van der Waals surface area contributed by atoms with Crippen LogP contribution in [-0.4, -0.2) is 27.2 Å². The fourth-order valence-corrected chi connectivity index (χ4v) is 4.55. The molecule has 138 valence electrons. The van der Waals surface area contributed by atoms with Gasteiger partial charge >= 0.3 is 0 Å². The van der Waals surface area contributed by atoms with Crippen molar-refractivity contribution >= 4 is 29.4 Å². The number of rotatable bonds is 7. The molecule has 1 fully saturated rings. The van der Waals surface area contributed by atoms with E-state index >= 15 is 0 Å². The van der Waals surface area contributed by atoms with E-state index in [9.17, 15) is 9.59 Å². The van der Waals surface area contributed by atoms with Gasteiger partial charge in [-0.1, -0.05) is 42.8 Å². The van der Waals surface area contributed by atoms with Crippen LogP contribution in [0.3, 0.4) is 0 Å². The molecule has 2 aromatic rings. The molecule has 26 heavy (non-hydrogen) atoms. The summed E-state index contributed by atoms with van der Waals surface area (Å²) >= 11 is 2.93. The fourth-order valence-electron chi connectivity index (χ4n) is 2.90. The average molecular weight is 390 g/mol. The lowest BCUT2D eigenvalue weighted by molar-refractivity contribution is -0.120. The van der Waals surface area contributed by atoms with Crippen molar-refractivity contribution in [3.05, 3.63) is 52.4 Å². The molecule has 0 bridgehead atoms. The van der Waals surface area contributed by atoms with Gasteiger partial charge in [0, 0.05) is 22.8 Å². The first-order valence-corrected chi connectivity index (χ1v) is 10.7. The van der Waals surface area contributed by atoms with E-state index in [1.807, 2.05) is 37.3 Å². The Balaban J connectivity index is 1.59. The highest BCUT2D eigenvalue weighted by atomic mass is 32.2. The molecule has 5 nitrogen and oxygen atoms in total. The van der Waals surface area contributed by atoms with E-state index in [1.54, 1.807) is 11.8 Å². The van der Waals surface area contributed by atoms with E-state index in [0.717, 1.165) is 17.7 Å². The topological polar surface area (TPSA) is 74.8 Å². The number of aromatic nitrogens is 2. The molecule has 1 aromatic heterocycles. The second-order valence-electron chi connectivity index (χ2n) is 6.39. The van der Waals surface area contributed by atoms with Crippen LogP contribution in [0.5, 0.6) is 0 Å². The standard InChI is InChI=1S/C19H23N3O2S2/c1-13(18(24)20-14-7-5-6-8-14)26-19-21-15(11-17(23)22-19)12-25-16-9-3-2-4-10-16/h2-4,9-11,13-14H,5-8,12H2,1H3,(H,20,24)(H,21,22,23). The molecule has 1 heterocycles. The Bertz CT molecular complexity index is 789. The number of aromatic amines is 1. The predicted octanol–water partition coefficient (Wildman–Crippen LogP) is 3.60. The lowest BCUT2D eigenvalue weighted by Crippen LogP contribution is -2.37. The van der Waals surface area contributed by atoms with E-state index in [1.165, 1.54) is 30.7 Å². The highest BCUT2D eigenvalue weighted by Crippen LogP contribution is 2.24. The van der Waals surface area contributed by atoms with Gasteiger partial charge in [-0.25, -0.2) is 4.98 Å². The molecule has 1 amide bonds. The summed E-state index contributed by atoms with van der Waals surface area (Å²) in [7, 11) is 0. The largest absolute Gasteiger partial charge is 0.352 e. The number of carbonyl (C=O) groups is 1. The average Bonchev–Trinajstić information content (AvgIpc) is 3.13. The first kappa shape index (κ1) is 19.0. The molecular weight excluding hydrogens is 366 g/mol. The Labute approximate surface area is 161 Å². The molecule has 1 aliphatic rings. The summed E-state index contributed by atoms with van der Waals surface area (Å²) in [5.41, 5.74) is 0.531. The van der Waals surface area contributed by atoms with Crippen LogP contribution in [-0.2, 0) is 10.5 Å². The van der Waals surface area contributed by atoms with Crippen molar-refractivity contribution in [3.8, 4) is 0 Å². The summed E-state index contributed by atoms with van der Waals surface area (Å²) in [6, 6.07) is 11.8. The molecule has 0 saturated heterocycles. The minimum absolute atomic E-state index is 0.00797. The van der Waals surface area contributed by atoms with E-state index < -0.39 is 0 Å². The second-order valence-corrected chi connectivity index (χ2v) is 8.77. The molecule has 0 spiro atoms. The number of benzene rings is 1. The third-order valence-corrected chi connectivity index (χ3v) is 6.29. The normalized spacial score (nSPS) is 15.7. The summed E-state index contributed by atoms with van der Waals surface area (Å²) in [6.45, 7) is 1.85. The minimum Gasteiger partial charge on any atom is -0.352 e. The van der Waals surface area contributed by atoms with Crippen molar-refractivity contribution in [3.63, 3.8) is 0 Å². The number of H-pyrrole nitrogens is 1. The molecule has 7 heteroatoms. The van der Waals surface area contributed by atoms with Gasteiger partial charge in [0.25, 0.3) is 5.56 Å². The number of thioether (sulfide) groups is 2. The van der Waals surface area contributed by atoms with E-state index in [-0.39, 0.29) is 16.7 Å². The summed E-state index contributed by atoms with van der Waals surface area (Å²) < 4.78 is 0. The summed E-state index contributed by atoms with van der Waals surface area (Å²) in [6.07, 6.45) is 4.49. The summed E-state index contributed by atoms with van der Waals surface area (Å²) in [5, 5.41) is 3.29. The number of nitrogens with zero attached hydrogens (tertiary/aromatic N) is 1. The number of hydrogen-bond donors (Lipinski definition) is 2. The molecule has 3 rings (SSSR count). The number of amides is 1. The van der Waals surface area contributed by atoms with Crippen LogP contribution in [0.4, 0.5) is 0 Å². The summed E-state index contributed by atoms with van der Waals surface area (Å²) in [5.74, 6) is 0.623. The van der Waals surface area contributed by atoms with Gasteiger partial charge in [0.05, 0.1) is 10.9 Å². The van der Waals surface area contributed by atoms with Gasteiger partial charge in [-0.2, -0.15) is 0 Å². The fraction of sp³-hybridized carbons (Fsp3) is 0.421. The lowest BCUT2D eigenvalue weighted by Gasteiger charge is -2.16. The Morgan fingerprint density at radius 3 is 2.77 bits per heavy atom. The van der Waals surface area contributed by atoms with Crippen LogP contribution in [0.15, 0.2) is 51.2 Å². The third-order valence-electron chi connectivity index (χ3n) is 4.26. The molecule has 1 aromatic carbocycles. The first-order chi connectivity index (χ1) is 12.6. The van der Waals surface area contributed by atoms with Gasteiger partial charge in [-0.3, -0.25) is 9.59 Å². The van der Waals surface area contributed by atoms with E-state index in [4.69, 9.17) is 0 Å². The van der Waals surface area contributed by atoms with Gasteiger partial charge in [0.15, 0.2) is 5.16 Å². The van der Waals surface area contributed by atoms with Gasteiger partial charge in [0.1, 0.15) is 0 Å². The predicted molar refractivity (Wildman–Crippen MR) is 107 cm³/mol. The number of hydrogen-bond acceptors (Lipinski definition) is 5. The van der Waals surface area contributed by atoms with Crippen LogP contribution in [0, 0.1) is 0 Å². The molecule has 2 N–H and O–H groups in total. The van der Waals surface area contributed by atoms with Crippen LogP contribution < -0.4 is 10.9 Å². The van der Waals surface area contributed by atoms with E-state index in [2.05, 4.69) is 15.3 Å². The highest BCUT2D eigenvalue weighted by molar-refractivity contribution is 8.00. The van der Waals surface area contributed by atoms with Crippen LogP contribution in [0.1, 0.15) is 38.3 Å². The highest BCUT2D eigenvalue weighted by Gasteiger charge is 2.22. The van der Waals surface area contributed by atoms with Crippen LogP contribution >= 0.6 is 23.5 Å². The van der Waals surface area contributed by atoms with Gasteiger partial charge in [-0.15, -0.1) is 11.8 Å². The molecular formula is C19H23N3O2S2. The van der Waals surface area contributed by atoms with Crippen molar-refractivity contribution in [1.82, 2.24) is 15.3 Å². The van der Waals surface area contributed by atoms with Crippen LogP contribution in [0.25, 0.3) is 0 Å². The van der Waals surface area contributed by atoms with Gasteiger partial charge in [-0.05, 0) is 31.9 Å². The lowest BCUT2D eigenvalue weighted by atomic mass is 10.2. The van der Waals surface area contributed by atoms with Crippen molar-refractivity contribution in [2.75, 3.05) is 0 Å². The van der Waals surface area contributed by atoms with Crippen molar-refractivity contribution in [2.45, 2.75) is 59.7 Å². The van der Waals surface area contributed by atoms with Crippen molar-refractivity contribution in [1.29, 1.82) is 0 Å². The molecule has 0 aliphatic heterocycles. The Morgan fingerprint density at radius 1 is 1.31 bits per heavy atom. The summed E-state index contributed by atoms with van der Waals surface area (Å²) in [4.78, 5) is 32.6. The smallest absolute Gasteiger partial charge is 0.251 e. The maximum atomic E-state index is 12.3. The monoisotopic (exact) mass is 389 g/mol. The Morgan fingerprint density at radius 2 is 2.04 bits per heavy atom. The molecule has 0 radical (unpaired) electrons. The van der Waals surface area contributed by atoms with Gasteiger partial charge in [0.2, 0.25) is 5.91 Å². The van der Waals surface area contributed by atoms with Crippen molar-refractivity contribution in [2.24, 2.45) is 0 Å². The Kier molecular flexibility index (Phi) is 6.80. The minimum atomic E-state index is -0.296. The SMILES string of the molecule is CC(Sc1nc(CSc2ccccc2)cc(=O)[nH]1)C(=O)NC1CCCC1. The number of carbonyl (C=O) groups excluding carboxylic acids is 1. The van der Waals surface area contributed by atoms with E-state index in [0.29, 0.717) is 22.6 Å².